The summed E-state index contributed by atoms with van der Waals surface area (Å²) in [6.45, 7) is -0.990. The molecule has 2 heterocycles. The second-order valence-electron chi connectivity index (χ2n) is 14.2. The van der Waals surface area contributed by atoms with Crippen LogP contribution in [-0.2, 0) is 21.9 Å². The van der Waals surface area contributed by atoms with Gasteiger partial charge in [0.25, 0.3) is 0 Å². The first-order valence-corrected chi connectivity index (χ1v) is 18.3. The molecule has 1 fully saturated rings. The van der Waals surface area contributed by atoms with Crippen LogP contribution in [0.3, 0.4) is 0 Å². The summed E-state index contributed by atoms with van der Waals surface area (Å²) in [5.41, 5.74) is -1.72. The SMILES string of the molecule is O=C1[C@@H]2[C@@H](CC(COc3ccccc3)=C([C@H](O)CC/C(=C/c3ccc(O)c4ccccc34)c3ccccn3)[C@@H]2CO)C(=O)N1c1cc(C(F)(F)F)cc(C(F)(F)F)c1. The van der Waals surface area contributed by atoms with E-state index in [9.17, 15) is 51.3 Å². The van der Waals surface area contributed by atoms with Gasteiger partial charge in [-0.25, -0.2) is 4.90 Å². The summed E-state index contributed by atoms with van der Waals surface area (Å²) >= 11 is 0. The number of phenolic OH excluding ortho intramolecular Hbond substituents is 1. The Morgan fingerprint density at radius 3 is 2.14 bits per heavy atom. The average molecular weight is 803 g/mol. The van der Waals surface area contributed by atoms with Crippen LogP contribution >= 0.6 is 0 Å². The van der Waals surface area contributed by atoms with E-state index in [4.69, 9.17) is 4.74 Å². The second-order valence-corrected chi connectivity index (χ2v) is 14.2. The molecule has 4 atom stereocenters. The molecule has 1 aromatic heterocycles. The number of aliphatic hydroxyl groups excluding tert-OH is 2. The van der Waals surface area contributed by atoms with E-state index in [1.54, 1.807) is 79.0 Å². The number of rotatable bonds is 11. The van der Waals surface area contributed by atoms with Crippen LogP contribution in [0.4, 0.5) is 32.0 Å². The summed E-state index contributed by atoms with van der Waals surface area (Å²) < 4.78 is 89.0. The molecule has 0 unspecified atom stereocenters. The first-order valence-electron chi connectivity index (χ1n) is 18.3. The molecule has 1 saturated heterocycles. The van der Waals surface area contributed by atoms with Gasteiger partial charge in [0.1, 0.15) is 18.1 Å². The van der Waals surface area contributed by atoms with Crippen molar-refractivity contribution in [3.63, 3.8) is 0 Å². The Bertz CT molecular complexity index is 2370. The highest BCUT2D eigenvalue weighted by Crippen LogP contribution is 2.49. The molecule has 7 rings (SSSR count). The average Bonchev–Trinajstić information content (AvgIpc) is 3.46. The van der Waals surface area contributed by atoms with Crippen LogP contribution in [0.5, 0.6) is 11.5 Å². The third-order valence-electron chi connectivity index (χ3n) is 10.7. The molecule has 300 valence electrons. The molecule has 0 radical (unpaired) electrons. The predicted molar refractivity (Wildman–Crippen MR) is 203 cm³/mol. The molecule has 3 N–H and O–H groups in total. The summed E-state index contributed by atoms with van der Waals surface area (Å²) in [6.07, 6.45) is -8.37. The van der Waals surface area contributed by atoms with Crippen LogP contribution in [0.15, 0.2) is 120 Å². The highest BCUT2D eigenvalue weighted by Gasteiger charge is 2.56. The lowest BCUT2D eigenvalue weighted by Crippen LogP contribution is -2.40. The van der Waals surface area contributed by atoms with Crippen molar-refractivity contribution in [1.82, 2.24) is 4.98 Å². The Balaban J connectivity index is 1.26. The highest BCUT2D eigenvalue weighted by atomic mass is 19.4. The van der Waals surface area contributed by atoms with Crippen LogP contribution in [0, 0.1) is 17.8 Å². The van der Waals surface area contributed by atoms with E-state index in [-0.39, 0.29) is 43.3 Å². The Morgan fingerprint density at radius 1 is 0.845 bits per heavy atom. The fraction of sp³-hybridized carbons (Fsp3) is 0.250. The quantitative estimate of drug-likeness (QED) is 0.0694. The van der Waals surface area contributed by atoms with E-state index < -0.39 is 71.4 Å². The number of halogens is 6. The molecule has 0 saturated carbocycles. The molecule has 2 amide bonds. The zero-order valence-corrected chi connectivity index (χ0v) is 30.5. The zero-order chi connectivity index (χ0) is 41.4. The summed E-state index contributed by atoms with van der Waals surface area (Å²) in [5, 5.41) is 34.8. The second kappa shape index (κ2) is 16.1. The smallest absolute Gasteiger partial charge is 0.416 e. The number of hydrogen-bond donors (Lipinski definition) is 3. The first kappa shape index (κ1) is 40.2. The molecule has 0 bridgehead atoms. The number of phenols is 1. The number of nitrogens with zero attached hydrogens (tertiary/aromatic N) is 2. The predicted octanol–water partition coefficient (Wildman–Crippen LogP) is 8.85. The minimum Gasteiger partial charge on any atom is -0.507 e. The number of aromatic hydroxyl groups is 1. The van der Waals surface area contributed by atoms with Crippen LogP contribution in [0.1, 0.15) is 41.6 Å². The van der Waals surface area contributed by atoms with Crippen LogP contribution in [-0.4, -0.2) is 51.4 Å². The maximum absolute atomic E-state index is 14.1. The normalized spacial score (nSPS) is 19.5. The lowest BCUT2D eigenvalue weighted by molar-refractivity contribution is -0.143. The lowest BCUT2D eigenvalue weighted by Gasteiger charge is -2.36. The molecule has 4 aromatic carbocycles. The fourth-order valence-corrected chi connectivity index (χ4v) is 8.00. The van der Waals surface area contributed by atoms with Crippen molar-refractivity contribution in [3.05, 3.63) is 143 Å². The van der Waals surface area contributed by atoms with Crippen molar-refractivity contribution in [1.29, 1.82) is 0 Å². The third kappa shape index (κ3) is 8.07. The molecule has 1 aliphatic heterocycles. The summed E-state index contributed by atoms with van der Waals surface area (Å²) in [4.78, 5) is 33.0. The van der Waals surface area contributed by atoms with Crippen molar-refractivity contribution < 1.29 is 56.0 Å². The van der Waals surface area contributed by atoms with Crippen LogP contribution in [0.25, 0.3) is 22.4 Å². The van der Waals surface area contributed by atoms with Gasteiger partial charge in [-0.1, -0.05) is 54.6 Å². The number of para-hydroxylation sites is 1. The maximum atomic E-state index is 14.1. The fourth-order valence-electron chi connectivity index (χ4n) is 8.00. The van der Waals surface area contributed by atoms with E-state index in [1.165, 1.54) is 0 Å². The molecule has 58 heavy (non-hydrogen) atoms. The van der Waals surface area contributed by atoms with E-state index in [0.29, 0.717) is 45.0 Å². The molecule has 1 aliphatic carbocycles. The van der Waals surface area contributed by atoms with Gasteiger partial charge in [0.2, 0.25) is 11.8 Å². The minimum absolute atomic E-state index is 0.00486. The Morgan fingerprint density at radius 2 is 1.50 bits per heavy atom. The molecule has 8 nitrogen and oxygen atoms in total. The number of fused-ring (bicyclic) bond motifs is 2. The number of allylic oxidation sites excluding steroid dienone is 1. The largest absolute Gasteiger partial charge is 0.507 e. The van der Waals surface area contributed by atoms with Crippen molar-refractivity contribution in [3.8, 4) is 11.5 Å². The molecular formula is C44H36F6N2O6. The van der Waals surface area contributed by atoms with Gasteiger partial charge in [-0.15, -0.1) is 0 Å². The molecule has 0 spiro atoms. The van der Waals surface area contributed by atoms with Gasteiger partial charge in [0, 0.05) is 17.5 Å². The number of aliphatic hydroxyl groups is 2. The van der Waals surface area contributed by atoms with Gasteiger partial charge >= 0.3 is 12.4 Å². The monoisotopic (exact) mass is 802 g/mol. The van der Waals surface area contributed by atoms with E-state index in [2.05, 4.69) is 4.98 Å². The maximum Gasteiger partial charge on any atom is 0.416 e. The van der Waals surface area contributed by atoms with Crippen molar-refractivity contribution in [2.24, 2.45) is 17.8 Å². The number of pyridine rings is 1. The zero-order valence-electron chi connectivity index (χ0n) is 30.5. The van der Waals surface area contributed by atoms with Gasteiger partial charge in [-0.2, -0.15) is 26.3 Å². The number of imide groups is 1. The number of anilines is 1. The van der Waals surface area contributed by atoms with Crippen molar-refractivity contribution >= 4 is 39.9 Å². The van der Waals surface area contributed by atoms with Gasteiger partial charge in [0.05, 0.1) is 47.1 Å². The summed E-state index contributed by atoms with van der Waals surface area (Å²) in [7, 11) is 0. The Labute approximate surface area is 328 Å². The number of hydrogen-bond acceptors (Lipinski definition) is 7. The number of ether oxygens (including phenoxy) is 1. The molecule has 14 heteroatoms. The van der Waals surface area contributed by atoms with Gasteiger partial charge < -0.3 is 20.1 Å². The summed E-state index contributed by atoms with van der Waals surface area (Å²) in [5.74, 6) is -5.56. The standard InChI is InChI=1S/C44H36F6N2O6/c45-43(46,47)28-20-29(44(48,49)50)22-30(21-28)52-41(56)34-19-27(24-58-31-8-2-1-3-9-31)39(35(23-53)40(34)42(52)57)38(55)16-14-26(36-12-6-7-17-51-36)18-25-13-15-37(54)33-11-5-4-10-32(25)33/h1-13,15,17-18,20-22,34-35,38,40,53-55H,14,16,19,23-24H2/b26-18-/t34-,35+,38-,40-/m1/s1. The van der Waals surface area contributed by atoms with Crippen molar-refractivity contribution in [2.45, 2.75) is 37.7 Å². The number of amides is 2. The minimum atomic E-state index is -5.24. The lowest BCUT2D eigenvalue weighted by atomic mass is 9.68. The van der Waals surface area contributed by atoms with E-state index >= 15 is 0 Å². The number of aromatic nitrogens is 1. The molecule has 2 aliphatic rings. The van der Waals surface area contributed by atoms with Gasteiger partial charge in [-0.05, 0) is 102 Å². The number of carbonyl (C=O) groups excluding carboxylic acids is 2. The highest BCUT2D eigenvalue weighted by molar-refractivity contribution is 6.22. The first-order chi connectivity index (χ1) is 27.7. The molecule has 5 aromatic rings. The van der Waals surface area contributed by atoms with Crippen LogP contribution in [0.2, 0.25) is 0 Å². The Kier molecular flexibility index (Phi) is 11.2. The van der Waals surface area contributed by atoms with Crippen molar-refractivity contribution in [2.75, 3.05) is 18.1 Å². The molecular weight excluding hydrogens is 766 g/mol. The third-order valence-corrected chi connectivity index (χ3v) is 10.7. The van der Waals surface area contributed by atoms with Gasteiger partial charge in [-0.3, -0.25) is 14.6 Å². The number of alkyl halides is 6. The summed E-state index contributed by atoms with van der Waals surface area (Å²) in [6, 6.07) is 25.0. The number of carbonyl (C=O) groups is 2. The van der Waals surface area contributed by atoms with E-state index in [0.717, 1.165) is 10.9 Å². The Hall–Kier alpha value is -5.99. The van der Waals surface area contributed by atoms with Gasteiger partial charge in [0.15, 0.2) is 0 Å². The van der Waals surface area contributed by atoms with Crippen LogP contribution < -0.4 is 9.64 Å². The van der Waals surface area contributed by atoms with E-state index in [1.807, 2.05) is 18.2 Å². The topological polar surface area (TPSA) is 120 Å². The number of benzene rings is 4.